The average molecular weight is 308 g/mol. The van der Waals surface area contributed by atoms with Crippen LogP contribution in [-0.4, -0.2) is 22.8 Å². The lowest BCUT2D eigenvalue weighted by Gasteiger charge is -2.10. The molecule has 1 heterocycles. The van der Waals surface area contributed by atoms with Gasteiger partial charge in [-0.3, -0.25) is 9.48 Å². The highest BCUT2D eigenvalue weighted by atomic mass is 35.5. The van der Waals surface area contributed by atoms with Gasteiger partial charge in [0.2, 0.25) is 0 Å². The van der Waals surface area contributed by atoms with Crippen LogP contribution in [0.2, 0.25) is 5.02 Å². The van der Waals surface area contributed by atoms with E-state index >= 15 is 0 Å². The summed E-state index contributed by atoms with van der Waals surface area (Å²) >= 11 is 6.27. The number of rotatable bonds is 5. The molecule has 0 saturated carbocycles. The Labute approximate surface area is 128 Å². The maximum Gasteiger partial charge on any atom is 0.275 e. The van der Waals surface area contributed by atoms with E-state index in [4.69, 9.17) is 16.3 Å². The number of carbonyl (C=O) groups is 1. The molecule has 1 amide bonds. The summed E-state index contributed by atoms with van der Waals surface area (Å²) in [5, 5.41) is 7.51. The van der Waals surface area contributed by atoms with Gasteiger partial charge in [0.15, 0.2) is 0 Å². The van der Waals surface area contributed by atoms with Crippen LogP contribution in [0, 0.1) is 0 Å². The minimum Gasteiger partial charge on any atom is -0.495 e. The maximum absolute atomic E-state index is 12.4. The highest BCUT2D eigenvalue weighted by Crippen LogP contribution is 2.26. The van der Waals surface area contributed by atoms with Gasteiger partial charge < -0.3 is 10.1 Å². The number of hydrogen-bond acceptors (Lipinski definition) is 3. The van der Waals surface area contributed by atoms with E-state index in [0.29, 0.717) is 22.2 Å². The molecule has 0 atom stereocenters. The molecule has 21 heavy (non-hydrogen) atoms. The van der Waals surface area contributed by atoms with E-state index in [2.05, 4.69) is 10.4 Å². The number of ether oxygens (including phenoxy) is 1. The highest BCUT2D eigenvalue weighted by molar-refractivity contribution is 6.34. The van der Waals surface area contributed by atoms with Crippen molar-refractivity contribution < 1.29 is 9.53 Å². The summed E-state index contributed by atoms with van der Waals surface area (Å²) in [5.74, 6) is 0.291. The molecule has 0 unspecified atom stereocenters. The van der Waals surface area contributed by atoms with Gasteiger partial charge in [0.05, 0.1) is 23.5 Å². The minimum absolute atomic E-state index is 0.304. The molecule has 0 aliphatic rings. The lowest BCUT2D eigenvalue weighted by molar-refractivity contribution is 0.101. The van der Waals surface area contributed by atoms with E-state index in [1.807, 2.05) is 19.1 Å². The summed E-state index contributed by atoms with van der Waals surface area (Å²) in [6.45, 7) is 2.04. The quantitative estimate of drug-likeness (QED) is 0.922. The Hall–Kier alpha value is -2.01. The Kier molecular flexibility index (Phi) is 4.85. The van der Waals surface area contributed by atoms with Crippen LogP contribution in [-0.2, 0) is 13.5 Å². The molecule has 0 fully saturated rings. The first-order valence-corrected chi connectivity index (χ1v) is 7.12. The number of halogens is 1. The number of carbonyl (C=O) groups excluding carboxylic acids is 1. The first kappa shape index (κ1) is 15.4. The number of methoxy groups -OCH3 is 1. The van der Waals surface area contributed by atoms with Crippen LogP contribution in [0.25, 0.3) is 0 Å². The standard InChI is InChI=1S/C15H18ClN3O2/c1-4-7-11-13(16)14(19(2)18-11)15(20)17-10-8-5-6-9-12(10)21-3/h5-6,8-9H,4,7H2,1-3H3,(H,17,20). The van der Waals surface area contributed by atoms with Gasteiger partial charge in [-0.05, 0) is 18.6 Å². The number of nitrogens with one attached hydrogen (secondary N) is 1. The fourth-order valence-electron chi connectivity index (χ4n) is 2.13. The Bertz CT molecular complexity index is 652. The average Bonchev–Trinajstić information content (AvgIpc) is 2.74. The summed E-state index contributed by atoms with van der Waals surface area (Å²) in [4.78, 5) is 12.4. The summed E-state index contributed by atoms with van der Waals surface area (Å²) in [6, 6.07) is 7.22. The van der Waals surface area contributed by atoms with Crippen molar-refractivity contribution in [1.29, 1.82) is 0 Å². The second-order valence-corrected chi connectivity index (χ2v) is 5.02. The number of amides is 1. The number of nitrogens with zero attached hydrogens (tertiary/aromatic N) is 2. The smallest absolute Gasteiger partial charge is 0.275 e. The molecule has 2 aromatic rings. The third-order valence-corrected chi connectivity index (χ3v) is 3.51. The van der Waals surface area contributed by atoms with Crippen LogP contribution < -0.4 is 10.1 Å². The third kappa shape index (κ3) is 3.19. The molecule has 1 aromatic heterocycles. The summed E-state index contributed by atoms with van der Waals surface area (Å²) in [6.07, 6.45) is 1.67. The molecular weight excluding hydrogens is 290 g/mol. The van der Waals surface area contributed by atoms with Crippen molar-refractivity contribution in [1.82, 2.24) is 9.78 Å². The maximum atomic E-state index is 12.4. The SMILES string of the molecule is CCCc1nn(C)c(C(=O)Nc2ccccc2OC)c1Cl. The van der Waals surface area contributed by atoms with E-state index in [0.717, 1.165) is 18.5 Å². The van der Waals surface area contributed by atoms with Gasteiger partial charge in [-0.1, -0.05) is 37.1 Å². The van der Waals surface area contributed by atoms with Crippen LogP contribution in [0.4, 0.5) is 5.69 Å². The van der Waals surface area contributed by atoms with Gasteiger partial charge in [0.25, 0.3) is 5.91 Å². The Balaban J connectivity index is 2.28. The van der Waals surface area contributed by atoms with Crippen LogP contribution in [0.1, 0.15) is 29.5 Å². The molecule has 1 aromatic carbocycles. The number of aryl methyl sites for hydroxylation is 2. The van der Waals surface area contributed by atoms with Crippen molar-refractivity contribution in [2.24, 2.45) is 7.05 Å². The minimum atomic E-state index is -0.304. The zero-order valence-corrected chi connectivity index (χ0v) is 13.1. The number of aromatic nitrogens is 2. The molecule has 0 bridgehead atoms. The molecule has 0 saturated heterocycles. The first-order valence-electron chi connectivity index (χ1n) is 6.74. The second kappa shape index (κ2) is 6.63. The fraction of sp³-hybridized carbons (Fsp3) is 0.333. The molecule has 112 valence electrons. The molecule has 0 aliphatic heterocycles. The van der Waals surface area contributed by atoms with Crippen molar-refractivity contribution in [3.05, 3.63) is 40.7 Å². The molecule has 0 radical (unpaired) electrons. The van der Waals surface area contributed by atoms with E-state index in [1.165, 1.54) is 4.68 Å². The van der Waals surface area contributed by atoms with Gasteiger partial charge in [0.1, 0.15) is 11.4 Å². The number of anilines is 1. The predicted molar refractivity (Wildman–Crippen MR) is 83.2 cm³/mol. The largest absolute Gasteiger partial charge is 0.495 e. The monoisotopic (exact) mass is 307 g/mol. The zero-order valence-electron chi connectivity index (χ0n) is 12.3. The Morgan fingerprint density at radius 2 is 2.14 bits per heavy atom. The van der Waals surface area contributed by atoms with Crippen LogP contribution in [0.15, 0.2) is 24.3 Å². The number of benzene rings is 1. The van der Waals surface area contributed by atoms with Crippen molar-refractivity contribution in [2.75, 3.05) is 12.4 Å². The van der Waals surface area contributed by atoms with Crippen molar-refractivity contribution in [2.45, 2.75) is 19.8 Å². The summed E-state index contributed by atoms with van der Waals surface area (Å²) in [5.41, 5.74) is 1.69. The zero-order chi connectivity index (χ0) is 15.4. The molecular formula is C15H18ClN3O2. The van der Waals surface area contributed by atoms with E-state index in [-0.39, 0.29) is 5.91 Å². The van der Waals surface area contributed by atoms with Gasteiger partial charge >= 0.3 is 0 Å². The molecule has 2 rings (SSSR count). The fourth-order valence-corrected chi connectivity index (χ4v) is 2.47. The van der Waals surface area contributed by atoms with Crippen molar-refractivity contribution in [3.63, 3.8) is 0 Å². The summed E-state index contributed by atoms with van der Waals surface area (Å²) in [7, 11) is 3.27. The lowest BCUT2D eigenvalue weighted by Crippen LogP contribution is -2.17. The van der Waals surface area contributed by atoms with E-state index < -0.39 is 0 Å². The van der Waals surface area contributed by atoms with Gasteiger partial charge in [0, 0.05) is 7.05 Å². The van der Waals surface area contributed by atoms with Crippen molar-refractivity contribution >= 4 is 23.2 Å². The van der Waals surface area contributed by atoms with Gasteiger partial charge in [-0.25, -0.2) is 0 Å². The third-order valence-electron chi connectivity index (χ3n) is 3.11. The van der Waals surface area contributed by atoms with E-state index in [9.17, 15) is 4.79 Å². The Morgan fingerprint density at radius 3 is 2.81 bits per heavy atom. The van der Waals surface area contributed by atoms with Crippen LogP contribution in [0.5, 0.6) is 5.75 Å². The predicted octanol–water partition coefficient (Wildman–Crippen LogP) is 3.29. The summed E-state index contributed by atoms with van der Waals surface area (Å²) < 4.78 is 6.73. The number of hydrogen-bond donors (Lipinski definition) is 1. The Morgan fingerprint density at radius 1 is 1.43 bits per heavy atom. The normalized spacial score (nSPS) is 10.5. The topological polar surface area (TPSA) is 56.2 Å². The first-order chi connectivity index (χ1) is 10.1. The molecule has 0 aliphatic carbocycles. The molecule has 1 N–H and O–H groups in total. The van der Waals surface area contributed by atoms with Crippen molar-refractivity contribution in [3.8, 4) is 5.75 Å². The van der Waals surface area contributed by atoms with Gasteiger partial charge in [-0.15, -0.1) is 0 Å². The van der Waals surface area contributed by atoms with E-state index in [1.54, 1.807) is 26.3 Å². The molecule has 6 heteroatoms. The lowest BCUT2D eigenvalue weighted by atomic mass is 10.2. The van der Waals surface area contributed by atoms with Gasteiger partial charge in [-0.2, -0.15) is 5.10 Å². The van der Waals surface area contributed by atoms with Crippen LogP contribution in [0.3, 0.4) is 0 Å². The van der Waals surface area contributed by atoms with Crippen LogP contribution >= 0.6 is 11.6 Å². The highest BCUT2D eigenvalue weighted by Gasteiger charge is 2.21. The second-order valence-electron chi connectivity index (χ2n) is 4.64. The molecule has 0 spiro atoms. The number of para-hydroxylation sites is 2. The molecule has 5 nitrogen and oxygen atoms in total.